The number of carboxylic acids is 1. The third-order valence-corrected chi connectivity index (χ3v) is 3.79. The van der Waals surface area contributed by atoms with Crippen LogP contribution in [0.25, 0.3) is 11.2 Å². The quantitative estimate of drug-likeness (QED) is 0.438. The minimum Gasteiger partial charge on any atom is -0.481 e. The number of aliphatic carboxylic acids is 1. The van der Waals surface area contributed by atoms with E-state index in [4.69, 9.17) is 5.11 Å². The minimum atomic E-state index is -0.711. The molecule has 0 bridgehead atoms. The average Bonchev–Trinajstić information content (AvgIpc) is 2.86. The lowest BCUT2D eigenvalue weighted by Crippen LogP contribution is -1.93. The van der Waals surface area contributed by atoms with Crippen molar-refractivity contribution >= 4 is 28.9 Å². The van der Waals surface area contributed by atoms with Crippen LogP contribution in [0.1, 0.15) is 32.1 Å². The van der Waals surface area contributed by atoms with Gasteiger partial charge in [0, 0.05) is 6.42 Å². The minimum absolute atomic E-state index is 0.272. The van der Waals surface area contributed by atoms with Crippen molar-refractivity contribution in [3.63, 3.8) is 0 Å². The Kier molecular flexibility index (Phi) is 5.14. The number of carbonyl (C=O) groups is 1. The Morgan fingerprint density at radius 3 is 2.89 bits per heavy atom. The standard InChI is InChI=1S/C12H16N4O2S/c17-9(18)5-3-1-2-4-6-19-12-10-11(14-7-13-10)15-8-16-12/h7-8H,1-6H2,(H,17,18)(H,13,14,15,16). The summed E-state index contributed by atoms with van der Waals surface area (Å²) in [5, 5.41) is 9.44. The van der Waals surface area contributed by atoms with Crippen molar-refractivity contribution in [1.82, 2.24) is 19.9 Å². The number of rotatable bonds is 8. The fourth-order valence-corrected chi connectivity index (χ4v) is 2.71. The predicted molar refractivity (Wildman–Crippen MR) is 73.1 cm³/mol. The number of imidazole rings is 1. The first-order chi connectivity index (χ1) is 9.27. The van der Waals surface area contributed by atoms with Crippen molar-refractivity contribution in [1.29, 1.82) is 0 Å². The molecule has 0 amide bonds. The van der Waals surface area contributed by atoms with Crippen molar-refractivity contribution in [2.75, 3.05) is 5.75 Å². The first-order valence-corrected chi connectivity index (χ1v) is 7.24. The molecule has 0 aliphatic heterocycles. The molecule has 0 unspecified atom stereocenters. The Balaban J connectivity index is 1.68. The summed E-state index contributed by atoms with van der Waals surface area (Å²) >= 11 is 1.68. The number of nitrogens with zero attached hydrogens (tertiary/aromatic N) is 3. The summed E-state index contributed by atoms with van der Waals surface area (Å²) < 4.78 is 0. The fourth-order valence-electron chi connectivity index (χ4n) is 1.75. The van der Waals surface area contributed by atoms with E-state index in [0.29, 0.717) is 5.65 Å². The van der Waals surface area contributed by atoms with Crippen LogP contribution >= 0.6 is 11.8 Å². The number of hydrogen-bond acceptors (Lipinski definition) is 5. The molecule has 0 saturated heterocycles. The molecule has 0 aromatic carbocycles. The Morgan fingerprint density at radius 1 is 1.21 bits per heavy atom. The molecule has 0 atom stereocenters. The van der Waals surface area contributed by atoms with Gasteiger partial charge in [-0.25, -0.2) is 15.0 Å². The molecule has 0 aliphatic carbocycles. The molecule has 19 heavy (non-hydrogen) atoms. The van der Waals surface area contributed by atoms with E-state index in [1.807, 2.05) is 0 Å². The molecule has 0 saturated carbocycles. The number of fused-ring (bicyclic) bond motifs is 1. The van der Waals surface area contributed by atoms with Gasteiger partial charge in [0.05, 0.1) is 6.33 Å². The highest BCUT2D eigenvalue weighted by molar-refractivity contribution is 7.99. The number of nitrogens with one attached hydrogen (secondary N) is 1. The van der Waals surface area contributed by atoms with Crippen LogP contribution in [0.15, 0.2) is 17.7 Å². The van der Waals surface area contributed by atoms with Crippen molar-refractivity contribution in [2.24, 2.45) is 0 Å². The monoisotopic (exact) mass is 280 g/mol. The van der Waals surface area contributed by atoms with Crippen LogP contribution in [0.5, 0.6) is 0 Å². The molecule has 2 heterocycles. The zero-order valence-corrected chi connectivity index (χ0v) is 11.3. The third-order valence-electron chi connectivity index (χ3n) is 2.71. The van der Waals surface area contributed by atoms with Crippen molar-refractivity contribution in [2.45, 2.75) is 37.1 Å². The van der Waals surface area contributed by atoms with Crippen LogP contribution in [0, 0.1) is 0 Å². The molecular formula is C12H16N4O2S. The average molecular weight is 280 g/mol. The second-order valence-electron chi connectivity index (χ2n) is 4.19. The van der Waals surface area contributed by atoms with Crippen LogP contribution in [0.3, 0.4) is 0 Å². The summed E-state index contributed by atoms with van der Waals surface area (Å²) in [6, 6.07) is 0. The van der Waals surface area contributed by atoms with Gasteiger partial charge in [0.2, 0.25) is 0 Å². The van der Waals surface area contributed by atoms with E-state index < -0.39 is 5.97 Å². The summed E-state index contributed by atoms with van der Waals surface area (Å²) in [6.07, 6.45) is 7.26. The Labute approximate surface area is 115 Å². The summed E-state index contributed by atoms with van der Waals surface area (Å²) in [5.41, 5.74) is 1.58. The molecular weight excluding hydrogens is 264 g/mol. The van der Waals surface area contributed by atoms with Gasteiger partial charge >= 0.3 is 5.97 Å². The number of aromatic nitrogens is 4. The fraction of sp³-hybridized carbons (Fsp3) is 0.500. The predicted octanol–water partition coefficient (Wildman–Crippen LogP) is 2.48. The Bertz CT molecular complexity index is 543. The molecule has 7 heteroatoms. The van der Waals surface area contributed by atoms with Crippen LogP contribution in [0.4, 0.5) is 0 Å². The van der Waals surface area contributed by atoms with Gasteiger partial charge < -0.3 is 10.1 Å². The highest BCUT2D eigenvalue weighted by Crippen LogP contribution is 2.23. The van der Waals surface area contributed by atoms with Crippen LogP contribution < -0.4 is 0 Å². The molecule has 102 valence electrons. The van der Waals surface area contributed by atoms with Crippen LogP contribution in [-0.4, -0.2) is 36.8 Å². The van der Waals surface area contributed by atoms with Gasteiger partial charge in [-0.2, -0.15) is 0 Å². The second kappa shape index (κ2) is 7.08. The van der Waals surface area contributed by atoms with Gasteiger partial charge in [-0.05, 0) is 18.6 Å². The first kappa shape index (κ1) is 13.8. The maximum absolute atomic E-state index is 10.3. The lowest BCUT2D eigenvalue weighted by Gasteiger charge is -2.01. The van der Waals surface area contributed by atoms with Crippen LogP contribution in [-0.2, 0) is 4.79 Å². The molecule has 0 radical (unpaired) electrons. The van der Waals surface area contributed by atoms with E-state index in [1.165, 1.54) is 6.33 Å². The number of unbranched alkanes of at least 4 members (excludes halogenated alkanes) is 3. The summed E-state index contributed by atoms with van der Waals surface area (Å²) in [6.45, 7) is 0. The third kappa shape index (κ3) is 4.20. The smallest absolute Gasteiger partial charge is 0.303 e. The topological polar surface area (TPSA) is 91.8 Å². The van der Waals surface area contributed by atoms with Gasteiger partial charge in [0.15, 0.2) is 5.65 Å². The van der Waals surface area contributed by atoms with Crippen molar-refractivity contribution in [3.05, 3.63) is 12.7 Å². The maximum Gasteiger partial charge on any atom is 0.303 e. The van der Waals surface area contributed by atoms with E-state index in [9.17, 15) is 4.79 Å². The summed E-state index contributed by atoms with van der Waals surface area (Å²) in [7, 11) is 0. The lowest BCUT2D eigenvalue weighted by atomic mass is 10.2. The normalized spacial score (nSPS) is 10.9. The summed E-state index contributed by atoms with van der Waals surface area (Å²) in [5.74, 6) is 0.259. The molecule has 2 aromatic heterocycles. The van der Waals surface area contributed by atoms with Gasteiger partial charge in [-0.3, -0.25) is 4.79 Å². The molecule has 6 nitrogen and oxygen atoms in total. The summed E-state index contributed by atoms with van der Waals surface area (Å²) in [4.78, 5) is 25.8. The van der Waals surface area contributed by atoms with Gasteiger partial charge in [-0.1, -0.05) is 12.8 Å². The van der Waals surface area contributed by atoms with Gasteiger partial charge in [0.1, 0.15) is 16.9 Å². The van der Waals surface area contributed by atoms with E-state index in [1.54, 1.807) is 18.1 Å². The van der Waals surface area contributed by atoms with Crippen molar-refractivity contribution in [3.8, 4) is 0 Å². The molecule has 0 spiro atoms. The van der Waals surface area contributed by atoms with E-state index in [2.05, 4.69) is 19.9 Å². The Hall–Kier alpha value is -1.63. The maximum atomic E-state index is 10.3. The zero-order chi connectivity index (χ0) is 13.5. The van der Waals surface area contributed by atoms with E-state index >= 15 is 0 Å². The molecule has 0 aliphatic rings. The Morgan fingerprint density at radius 2 is 2.05 bits per heavy atom. The lowest BCUT2D eigenvalue weighted by molar-refractivity contribution is -0.137. The number of thioether (sulfide) groups is 1. The largest absolute Gasteiger partial charge is 0.481 e. The van der Waals surface area contributed by atoms with Crippen molar-refractivity contribution < 1.29 is 9.90 Å². The van der Waals surface area contributed by atoms with E-state index in [-0.39, 0.29) is 6.42 Å². The molecule has 0 fully saturated rings. The highest BCUT2D eigenvalue weighted by Gasteiger charge is 2.05. The van der Waals surface area contributed by atoms with Gasteiger partial charge in [-0.15, -0.1) is 11.8 Å². The second-order valence-corrected chi connectivity index (χ2v) is 5.27. The zero-order valence-electron chi connectivity index (χ0n) is 10.5. The first-order valence-electron chi connectivity index (χ1n) is 6.26. The number of aromatic amines is 1. The molecule has 2 N–H and O–H groups in total. The SMILES string of the molecule is O=C(O)CCCCCCSc1ncnc2nc[nH]c12. The van der Waals surface area contributed by atoms with E-state index in [0.717, 1.165) is 42.0 Å². The van der Waals surface area contributed by atoms with Gasteiger partial charge in [0.25, 0.3) is 0 Å². The van der Waals surface area contributed by atoms with Crippen LogP contribution in [0.2, 0.25) is 0 Å². The molecule has 2 aromatic rings. The number of carboxylic acid groups (broad SMARTS) is 1. The number of H-pyrrole nitrogens is 1. The number of hydrogen-bond donors (Lipinski definition) is 2. The highest BCUT2D eigenvalue weighted by atomic mass is 32.2. The molecule has 2 rings (SSSR count).